The number of nitrogens with one attached hydrogen (secondary N) is 2. The van der Waals surface area contributed by atoms with Crippen molar-refractivity contribution < 1.29 is 0 Å². The second kappa shape index (κ2) is 8.81. The first-order valence-electron chi connectivity index (χ1n) is 5.50. The van der Waals surface area contributed by atoms with Crippen LogP contribution in [0.3, 0.4) is 0 Å². The molecule has 5 heteroatoms. The molecule has 1 saturated heterocycles. The third-order valence-corrected chi connectivity index (χ3v) is 2.68. The Balaban J connectivity index is 0.00000225. The van der Waals surface area contributed by atoms with Crippen molar-refractivity contribution in [3.05, 3.63) is 12.7 Å². The average Bonchev–Trinajstić information content (AvgIpc) is 2.65. The van der Waals surface area contributed by atoms with Crippen molar-refractivity contribution in [2.24, 2.45) is 10.9 Å². The van der Waals surface area contributed by atoms with Crippen LogP contribution < -0.4 is 10.6 Å². The predicted octanol–water partition coefficient (Wildman–Crippen LogP) is 0.907. The van der Waals surface area contributed by atoms with Crippen molar-refractivity contribution >= 4 is 29.9 Å². The number of rotatable bonds is 4. The third-order valence-electron chi connectivity index (χ3n) is 2.68. The quantitative estimate of drug-likeness (QED) is 0.346. The van der Waals surface area contributed by atoms with Crippen LogP contribution in [0.2, 0.25) is 0 Å². The van der Waals surface area contributed by atoms with Gasteiger partial charge in [-0.25, -0.2) is 0 Å². The summed E-state index contributed by atoms with van der Waals surface area (Å²) in [6.07, 6.45) is 3.11. The Morgan fingerprint density at radius 2 is 2.31 bits per heavy atom. The van der Waals surface area contributed by atoms with Gasteiger partial charge >= 0.3 is 0 Å². The van der Waals surface area contributed by atoms with E-state index in [4.69, 9.17) is 0 Å². The van der Waals surface area contributed by atoms with Crippen molar-refractivity contribution in [3.8, 4) is 0 Å². The lowest BCUT2D eigenvalue weighted by atomic mass is 10.1. The van der Waals surface area contributed by atoms with Crippen LogP contribution in [0.1, 0.15) is 6.42 Å². The highest BCUT2D eigenvalue weighted by Crippen LogP contribution is 2.12. The first-order chi connectivity index (χ1) is 7.26. The summed E-state index contributed by atoms with van der Waals surface area (Å²) in [6, 6.07) is 0. The van der Waals surface area contributed by atoms with Gasteiger partial charge in [-0.05, 0) is 25.9 Å². The molecule has 94 valence electrons. The van der Waals surface area contributed by atoms with Crippen LogP contribution in [0.4, 0.5) is 0 Å². The fourth-order valence-corrected chi connectivity index (χ4v) is 1.82. The summed E-state index contributed by atoms with van der Waals surface area (Å²) < 4.78 is 0. The standard InChI is InChI=1S/C11H22N4.HI/c1-4-6-13-11(12-2)14-8-10-5-7-15(3)9-10;/h4,10H,1,5-9H2,2-3H3,(H2,12,13,14);1H. The number of likely N-dealkylation sites (tertiary alicyclic amines) is 1. The average molecular weight is 338 g/mol. The molecule has 0 aromatic carbocycles. The maximum atomic E-state index is 4.14. The molecule has 0 aromatic heterocycles. The fourth-order valence-electron chi connectivity index (χ4n) is 1.82. The molecule has 1 fully saturated rings. The molecule has 1 atom stereocenters. The predicted molar refractivity (Wildman–Crippen MR) is 80.6 cm³/mol. The lowest BCUT2D eigenvalue weighted by Crippen LogP contribution is -2.40. The van der Waals surface area contributed by atoms with Gasteiger partial charge in [0.05, 0.1) is 0 Å². The lowest BCUT2D eigenvalue weighted by molar-refractivity contribution is 0.394. The Morgan fingerprint density at radius 1 is 1.56 bits per heavy atom. The largest absolute Gasteiger partial charge is 0.356 e. The van der Waals surface area contributed by atoms with Crippen LogP contribution in [0.5, 0.6) is 0 Å². The van der Waals surface area contributed by atoms with Crippen LogP contribution in [-0.2, 0) is 0 Å². The highest BCUT2D eigenvalue weighted by molar-refractivity contribution is 14.0. The van der Waals surface area contributed by atoms with E-state index in [1.807, 2.05) is 6.08 Å². The zero-order valence-electron chi connectivity index (χ0n) is 10.2. The Hall–Kier alpha value is -0.300. The maximum absolute atomic E-state index is 4.14. The van der Waals surface area contributed by atoms with Crippen molar-refractivity contribution in [1.82, 2.24) is 15.5 Å². The van der Waals surface area contributed by atoms with Crippen molar-refractivity contribution in [2.75, 3.05) is 40.3 Å². The monoisotopic (exact) mass is 338 g/mol. The second-order valence-corrected chi connectivity index (χ2v) is 4.04. The van der Waals surface area contributed by atoms with E-state index in [-0.39, 0.29) is 24.0 Å². The van der Waals surface area contributed by atoms with Crippen molar-refractivity contribution in [1.29, 1.82) is 0 Å². The van der Waals surface area contributed by atoms with Gasteiger partial charge < -0.3 is 15.5 Å². The van der Waals surface area contributed by atoms with Crippen LogP contribution in [-0.4, -0.2) is 51.1 Å². The van der Waals surface area contributed by atoms with E-state index in [0.29, 0.717) is 0 Å². The molecule has 0 bridgehead atoms. The van der Waals surface area contributed by atoms with Gasteiger partial charge in [0.15, 0.2) is 5.96 Å². The Kier molecular flexibility index (Phi) is 8.64. The Bertz CT molecular complexity index is 230. The molecule has 0 aliphatic carbocycles. The van der Waals surface area contributed by atoms with Crippen molar-refractivity contribution in [2.45, 2.75) is 6.42 Å². The highest BCUT2D eigenvalue weighted by Gasteiger charge is 2.19. The van der Waals surface area contributed by atoms with E-state index in [2.05, 4.69) is 34.2 Å². The third kappa shape index (κ3) is 5.69. The first kappa shape index (κ1) is 15.7. The van der Waals surface area contributed by atoms with Gasteiger partial charge in [-0.1, -0.05) is 6.08 Å². The van der Waals surface area contributed by atoms with Crippen LogP contribution in [0.15, 0.2) is 17.6 Å². The number of nitrogens with zero attached hydrogens (tertiary/aromatic N) is 2. The Morgan fingerprint density at radius 3 is 2.81 bits per heavy atom. The summed E-state index contributed by atoms with van der Waals surface area (Å²) in [6.45, 7) is 7.82. The number of hydrogen-bond donors (Lipinski definition) is 2. The van der Waals surface area contributed by atoms with E-state index in [0.717, 1.165) is 25.0 Å². The molecule has 4 nitrogen and oxygen atoms in total. The summed E-state index contributed by atoms with van der Waals surface area (Å²) in [5, 5.41) is 6.49. The molecule has 16 heavy (non-hydrogen) atoms. The van der Waals surface area contributed by atoms with E-state index in [1.165, 1.54) is 19.5 Å². The van der Waals surface area contributed by atoms with Crippen molar-refractivity contribution in [3.63, 3.8) is 0 Å². The van der Waals surface area contributed by atoms with Gasteiger partial charge in [0.2, 0.25) is 0 Å². The van der Waals surface area contributed by atoms with Crippen LogP contribution in [0, 0.1) is 5.92 Å². The minimum Gasteiger partial charge on any atom is -0.356 e. The molecule has 1 aliphatic heterocycles. The van der Waals surface area contributed by atoms with Gasteiger partial charge in [0.1, 0.15) is 0 Å². The molecule has 0 radical (unpaired) electrons. The normalized spacial score (nSPS) is 21.4. The number of hydrogen-bond acceptors (Lipinski definition) is 2. The van der Waals surface area contributed by atoms with Gasteiger partial charge in [-0.2, -0.15) is 0 Å². The summed E-state index contributed by atoms with van der Waals surface area (Å²) in [7, 11) is 3.96. The zero-order chi connectivity index (χ0) is 11.1. The van der Waals surface area contributed by atoms with E-state index in [1.54, 1.807) is 7.05 Å². The van der Waals surface area contributed by atoms with E-state index in [9.17, 15) is 0 Å². The van der Waals surface area contributed by atoms with E-state index < -0.39 is 0 Å². The maximum Gasteiger partial charge on any atom is 0.191 e. The highest BCUT2D eigenvalue weighted by atomic mass is 127. The van der Waals surface area contributed by atoms with Gasteiger partial charge in [0, 0.05) is 26.7 Å². The summed E-state index contributed by atoms with van der Waals surface area (Å²) in [5.41, 5.74) is 0. The molecular weight excluding hydrogens is 315 g/mol. The smallest absolute Gasteiger partial charge is 0.191 e. The summed E-state index contributed by atoms with van der Waals surface area (Å²) in [4.78, 5) is 6.51. The molecule has 0 saturated carbocycles. The molecule has 1 rings (SSSR count). The van der Waals surface area contributed by atoms with Crippen LogP contribution >= 0.6 is 24.0 Å². The lowest BCUT2D eigenvalue weighted by Gasteiger charge is -2.14. The van der Waals surface area contributed by atoms with Gasteiger partial charge in [-0.3, -0.25) is 4.99 Å². The minimum atomic E-state index is 0. The van der Waals surface area contributed by atoms with Crippen LogP contribution in [0.25, 0.3) is 0 Å². The molecule has 0 aromatic rings. The summed E-state index contributed by atoms with van der Waals surface area (Å²) in [5.74, 6) is 1.61. The molecule has 0 spiro atoms. The summed E-state index contributed by atoms with van der Waals surface area (Å²) >= 11 is 0. The number of aliphatic imine (C=N–C) groups is 1. The SMILES string of the molecule is C=CCNC(=NC)NCC1CCN(C)C1.I. The molecule has 0 amide bonds. The number of guanidine groups is 1. The molecule has 1 heterocycles. The molecular formula is C11H23IN4. The van der Waals surface area contributed by atoms with Gasteiger partial charge in [-0.15, -0.1) is 30.6 Å². The fraction of sp³-hybridized carbons (Fsp3) is 0.727. The number of halogens is 1. The Labute approximate surface area is 116 Å². The molecule has 1 unspecified atom stereocenters. The molecule has 1 aliphatic rings. The second-order valence-electron chi connectivity index (χ2n) is 4.04. The molecule has 2 N–H and O–H groups in total. The first-order valence-corrected chi connectivity index (χ1v) is 5.50. The van der Waals surface area contributed by atoms with Gasteiger partial charge in [0.25, 0.3) is 0 Å². The zero-order valence-corrected chi connectivity index (χ0v) is 12.5. The minimum absolute atomic E-state index is 0. The van der Waals surface area contributed by atoms with E-state index >= 15 is 0 Å². The topological polar surface area (TPSA) is 39.7 Å².